The Morgan fingerprint density at radius 1 is 1.29 bits per heavy atom. The van der Waals surface area contributed by atoms with E-state index < -0.39 is 36.7 Å². The van der Waals surface area contributed by atoms with Crippen molar-refractivity contribution in [1.82, 2.24) is 30.1 Å². The van der Waals surface area contributed by atoms with Crippen LogP contribution in [0.1, 0.15) is 31.1 Å². The standard InChI is InChI=1S/C20H19F4N7O4/c21-15-12(34-18(32)27-19-5-9(6-19)7-19)8-33-16(15)10-3-13(29-28-10)26-17-11-4-14(35-20(22,23)24)30-31(11)2-1-25-17/h1-4,9,12,15-16H,5-8H2,(H,27,32)(H2,25,26,28,29)/t9?,12-,15+,16-,19?/m1/s1. The van der Waals surface area contributed by atoms with Crippen molar-refractivity contribution in [2.24, 2.45) is 5.92 Å². The average molecular weight is 497 g/mol. The number of alkyl halides is 4. The molecule has 1 amide bonds. The van der Waals surface area contributed by atoms with Crippen LogP contribution in [0.15, 0.2) is 24.5 Å². The highest BCUT2D eigenvalue weighted by Crippen LogP contribution is 2.57. The second-order valence-electron chi connectivity index (χ2n) is 9.00. The van der Waals surface area contributed by atoms with E-state index in [1.165, 1.54) is 18.5 Å². The van der Waals surface area contributed by atoms with Crippen molar-refractivity contribution in [2.75, 3.05) is 11.9 Å². The first-order valence-electron chi connectivity index (χ1n) is 10.8. The molecule has 4 aliphatic rings. The lowest BCUT2D eigenvalue weighted by Gasteiger charge is -2.61. The van der Waals surface area contributed by atoms with Gasteiger partial charge in [0.2, 0.25) is 5.88 Å². The number of ether oxygens (including phenoxy) is 3. The minimum absolute atomic E-state index is 0.116. The second-order valence-corrected chi connectivity index (χ2v) is 9.00. The number of anilines is 2. The number of nitrogens with zero attached hydrogens (tertiary/aromatic N) is 4. The number of carbonyl (C=O) groups excluding carboxylic acids is 1. The van der Waals surface area contributed by atoms with Gasteiger partial charge in [0.05, 0.1) is 12.3 Å². The molecule has 4 fully saturated rings. The van der Waals surface area contributed by atoms with E-state index in [1.807, 2.05) is 0 Å². The molecule has 0 spiro atoms. The zero-order chi connectivity index (χ0) is 24.4. The summed E-state index contributed by atoms with van der Waals surface area (Å²) in [6, 6.07) is 2.53. The van der Waals surface area contributed by atoms with Crippen LogP contribution in [0.5, 0.6) is 5.88 Å². The van der Waals surface area contributed by atoms with Crippen LogP contribution in [-0.4, -0.2) is 61.7 Å². The quantitative estimate of drug-likeness (QED) is 0.444. The molecule has 15 heteroatoms. The van der Waals surface area contributed by atoms with Crippen LogP contribution in [-0.2, 0) is 9.47 Å². The first-order valence-corrected chi connectivity index (χ1v) is 10.8. The first-order chi connectivity index (χ1) is 16.7. The predicted molar refractivity (Wildman–Crippen MR) is 109 cm³/mol. The highest BCUT2D eigenvalue weighted by atomic mass is 19.4. The van der Waals surface area contributed by atoms with Crippen LogP contribution in [0.2, 0.25) is 0 Å². The van der Waals surface area contributed by atoms with Crippen molar-refractivity contribution in [2.45, 2.75) is 49.5 Å². The van der Waals surface area contributed by atoms with Gasteiger partial charge >= 0.3 is 12.5 Å². The van der Waals surface area contributed by atoms with Crippen molar-refractivity contribution < 1.29 is 36.6 Å². The number of amides is 1. The van der Waals surface area contributed by atoms with Crippen LogP contribution in [0, 0.1) is 5.92 Å². The van der Waals surface area contributed by atoms with Gasteiger partial charge < -0.3 is 24.8 Å². The average Bonchev–Trinajstić information content (AvgIpc) is 3.42. The third-order valence-corrected chi connectivity index (χ3v) is 6.49. The fourth-order valence-electron chi connectivity index (χ4n) is 4.78. The molecule has 3 atom stereocenters. The number of hydrogen-bond acceptors (Lipinski definition) is 8. The molecule has 35 heavy (non-hydrogen) atoms. The van der Waals surface area contributed by atoms with Gasteiger partial charge in [0.15, 0.2) is 23.9 Å². The van der Waals surface area contributed by atoms with Gasteiger partial charge in [0.25, 0.3) is 0 Å². The van der Waals surface area contributed by atoms with E-state index in [0.29, 0.717) is 5.92 Å². The third-order valence-electron chi connectivity index (χ3n) is 6.49. The topological polar surface area (TPSA) is 128 Å². The molecule has 0 radical (unpaired) electrons. The van der Waals surface area contributed by atoms with Crippen LogP contribution in [0.25, 0.3) is 5.52 Å². The molecule has 0 aromatic carbocycles. The zero-order valence-electron chi connectivity index (χ0n) is 17.9. The highest BCUT2D eigenvalue weighted by Gasteiger charge is 2.58. The van der Waals surface area contributed by atoms with Gasteiger partial charge in [-0.3, -0.25) is 5.10 Å². The van der Waals surface area contributed by atoms with E-state index in [-0.39, 0.29) is 35.0 Å². The molecule has 3 N–H and O–H groups in total. The summed E-state index contributed by atoms with van der Waals surface area (Å²) < 4.78 is 68.2. The van der Waals surface area contributed by atoms with Gasteiger partial charge in [-0.15, -0.1) is 18.3 Å². The molecule has 4 heterocycles. The van der Waals surface area contributed by atoms with Gasteiger partial charge in [0, 0.05) is 30.1 Å². The summed E-state index contributed by atoms with van der Waals surface area (Å²) in [6.07, 6.45) is -3.79. The Labute approximate surface area is 194 Å². The number of fused-ring (bicyclic) bond motifs is 1. The molecule has 3 saturated carbocycles. The van der Waals surface area contributed by atoms with Crippen LogP contribution >= 0.6 is 0 Å². The minimum Gasteiger partial charge on any atom is -0.441 e. The Morgan fingerprint density at radius 3 is 2.80 bits per heavy atom. The number of nitrogens with one attached hydrogen (secondary N) is 3. The van der Waals surface area contributed by atoms with Gasteiger partial charge in [0.1, 0.15) is 11.6 Å². The largest absolute Gasteiger partial charge is 0.574 e. The Morgan fingerprint density at radius 2 is 2.09 bits per heavy atom. The van der Waals surface area contributed by atoms with E-state index in [9.17, 15) is 22.4 Å². The number of hydrogen-bond donors (Lipinski definition) is 3. The maximum Gasteiger partial charge on any atom is 0.574 e. The molecule has 3 aromatic rings. The van der Waals surface area contributed by atoms with Crippen LogP contribution in [0.3, 0.4) is 0 Å². The van der Waals surface area contributed by atoms with Gasteiger partial charge in [-0.25, -0.2) is 18.7 Å². The van der Waals surface area contributed by atoms with Crippen LogP contribution < -0.4 is 15.4 Å². The normalized spacial score (nSPS) is 29.4. The molecule has 11 nitrogen and oxygen atoms in total. The summed E-state index contributed by atoms with van der Waals surface area (Å²) in [5, 5.41) is 16.1. The van der Waals surface area contributed by atoms with Crippen molar-refractivity contribution in [3.05, 3.63) is 30.2 Å². The Hall–Kier alpha value is -3.62. The fraction of sp³-hybridized carbons (Fsp3) is 0.500. The van der Waals surface area contributed by atoms with E-state index in [2.05, 4.69) is 35.7 Å². The lowest BCUT2D eigenvalue weighted by atomic mass is 9.50. The third kappa shape index (κ3) is 4.09. The van der Waals surface area contributed by atoms with E-state index >= 15 is 0 Å². The molecule has 3 aromatic heterocycles. The Kier molecular flexibility index (Phi) is 4.81. The summed E-state index contributed by atoms with van der Waals surface area (Å²) in [5.74, 6) is 0.380. The van der Waals surface area contributed by atoms with Crippen molar-refractivity contribution >= 4 is 23.2 Å². The number of aromatic amines is 1. The summed E-state index contributed by atoms with van der Waals surface area (Å²) >= 11 is 0. The number of alkyl carbamates (subject to hydrolysis) is 1. The molecule has 2 bridgehead atoms. The molecule has 1 aliphatic heterocycles. The summed E-state index contributed by atoms with van der Waals surface area (Å²) in [5.41, 5.74) is 0.301. The molecule has 186 valence electrons. The van der Waals surface area contributed by atoms with Gasteiger partial charge in [-0.2, -0.15) is 5.10 Å². The van der Waals surface area contributed by atoms with Crippen LogP contribution in [0.4, 0.5) is 34.0 Å². The molecular weight excluding hydrogens is 478 g/mol. The van der Waals surface area contributed by atoms with Gasteiger partial charge in [-0.05, 0) is 25.2 Å². The monoisotopic (exact) mass is 497 g/mol. The maximum absolute atomic E-state index is 15.0. The smallest absolute Gasteiger partial charge is 0.441 e. The number of carbonyl (C=O) groups is 1. The highest BCUT2D eigenvalue weighted by molar-refractivity contribution is 5.73. The number of halogens is 4. The van der Waals surface area contributed by atoms with E-state index in [4.69, 9.17) is 9.47 Å². The van der Waals surface area contributed by atoms with E-state index in [1.54, 1.807) is 0 Å². The molecule has 1 saturated heterocycles. The Balaban J connectivity index is 1.11. The second kappa shape index (κ2) is 7.69. The fourth-order valence-corrected chi connectivity index (χ4v) is 4.78. The predicted octanol–water partition coefficient (Wildman–Crippen LogP) is 3.15. The first kappa shape index (κ1) is 21.9. The SMILES string of the molecule is O=C(NC12CC(C1)C2)O[C@@H]1CO[C@H](c2cc(Nc3nccn4nc(OC(F)(F)F)cc34)n[nH]2)[C@H]1F. The summed E-state index contributed by atoms with van der Waals surface area (Å²) in [7, 11) is 0. The lowest BCUT2D eigenvalue weighted by molar-refractivity contribution is -0.276. The molecule has 0 unspecified atom stereocenters. The molecular formula is C20H19F4N7O4. The molecule has 7 rings (SSSR count). The van der Waals surface area contributed by atoms with Crippen molar-refractivity contribution in [3.8, 4) is 5.88 Å². The lowest BCUT2D eigenvalue weighted by Crippen LogP contribution is -2.68. The summed E-state index contributed by atoms with van der Waals surface area (Å²) in [6.45, 7) is -0.116. The Bertz CT molecular complexity index is 1260. The number of H-pyrrole nitrogens is 1. The zero-order valence-corrected chi connectivity index (χ0v) is 17.9. The summed E-state index contributed by atoms with van der Waals surface area (Å²) in [4.78, 5) is 16.2. The van der Waals surface area contributed by atoms with Crippen molar-refractivity contribution in [3.63, 3.8) is 0 Å². The molecule has 3 aliphatic carbocycles. The number of aromatic nitrogens is 5. The van der Waals surface area contributed by atoms with E-state index in [0.717, 1.165) is 29.8 Å². The van der Waals surface area contributed by atoms with Crippen molar-refractivity contribution in [1.29, 1.82) is 0 Å². The maximum atomic E-state index is 15.0. The van der Waals surface area contributed by atoms with Gasteiger partial charge in [-0.1, -0.05) is 0 Å². The minimum atomic E-state index is -4.89. The number of rotatable bonds is 6.